The van der Waals surface area contributed by atoms with E-state index in [1.807, 2.05) is 6.20 Å². The Morgan fingerprint density at radius 2 is 2.14 bits per heavy atom. The van der Waals surface area contributed by atoms with Crippen LogP contribution in [0.1, 0.15) is 56.9 Å². The molecule has 1 fully saturated rings. The Morgan fingerprint density at radius 3 is 2.90 bits per heavy atom. The molecule has 0 spiro atoms. The van der Waals surface area contributed by atoms with Crippen LogP contribution in [0.5, 0.6) is 0 Å². The Hall–Kier alpha value is -1.62. The Labute approximate surface area is 125 Å². The third-order valence-electron chi connectivity index (χ3n) is 4.40. The van der Waals surface area contributed by atoms with Gasteiger partial charge < -0.3 is 15.4 Å². The molecule has 0 unspecified atom stereocenters. The molecule has 3 rings (SSSR count). The van der Waals surface area contributed by atoms with Crippen LogP contribution in [0.4, 0.5) is 5.95 Å². The van der Waals surface area contributed by atoms with Gasteiger partial charge >= 0.3 is 0 Å². The van der Waals surface area contributed by atoms with Crippen LogP contribution in [0, 0.1) is 0 Å². The van der Waals surface area contributed by atoms with Crippen LogP contribution in [-0.2, 0) is 0 Å². The molecule has 0 amide bonds. The standard InChI is InChI=1S/C16H24N4O/c1-2-3-8-17-16-19-10-14-15(20-16)13(9-18-14)11-4-6-12(21)7-5-11/h9-12,18,21H,2-8H2,1H3,(H,17,19,20)/t11-,12-. The summed E-state index contributed by atoms with van der Waals surface area (Å²) in [5.41, 5.74) is 3.31. The summed E-state index contributed by atoms with van der Waals surface area (Å²) >= 11 is 0. The van der Waals surface area contributed by atoms with Gasteiger partial charge in [-0.15, -0.1) is 0 Å². The maximum Gasteiger partial charge on any atom is 0.223 e. The van der Waals surface area contributed by atoms with Crippen LogP contribution in [0.3, 0.4) is 0 Å². The highest BCUT2D eigenvalue weighted by Crippen LogP contribution is 2.35. The van der Waals surface area contributed by atoms with E-state index in [1.54, 1.807) is 0 Å². The van der Waals surface area contributed by atoms with Gasteiger partial charge in [-0.05, 0) is 43.6 Å². The smallest absolute Gasteiger partial charge is 0.223 e. The third-order valence-corrected chi connectivity index (χ3v) is 4.40. The number of H-pyrrole nitrogens is 1. The molecule has 5 nitrogen and oxygen atoms in total. The molecule has 2 aromatic rings. The molecular weight excluding hydrogens is 264 g/mol. The van der Waals surface area contributed by atoms with Crippen LogP contribution in [0.2, 0.25) is 0 Å². The van der Waals surface area contributed by atoms with Gasteiger partial charge in [-0.1, -0.05) is 13.3 Å². The van der Waals surface area contributed by atoms with Gasteiger partial charge in [0.15, 0.2) is 0 Å². The van der Waals surface area contributed by atoms with Crippen LogP contribution in [0.25, 0.3) is 11.0 Å². The van der Waals surface area contributed by atoms with Crippen molar-refractivity contribution in [2.75, 3.05) is 11.9 Å². The predicted octanol–water partition coefficient (Wildman–Crippen LogP) is 3.19. The molecule has 1 aliphatic carbocycles. The van der Waals surface area contributed by atoms with E-state index in [-0.39, 0.29) is 6.10 Å². The first-order chi connectivity index (χ1) is 10.3. The summed E-state index contributed by atoms with van der Waals surface area (Å²) in [5, 5.41) is 12.9. The van der Waals surface area contributed by atoms with Crippen molar-refractivity contribution in [2.24, 2.45) is 0 Å². The maximum atomic E-state index is 9.66. The van der Waals surface area contributed by atoms with Gasteiger partial charge in [-0.3, -0.25) is 0 Å². The van der Waals surface area contributed by atoms with Crippen molar-refractivity contribution in [3.63, 3.8) is 0 Å². The Kier molecular flexibility index (Phi) is 4.39. The number of rotatable bonds is 5. The van der Waals surface area contributed by atoms with Crippen LogP contribution < -0.4 is 5.32 Å². The number of nitrogens with one attached hydrogen (secondary N) is 2. The van der Waals surface area contributed by atoms with E-state index in [0.717, 1.165) is 56.1 Å². The third kappa shape index (κ3) is 3.18. The average Bonchev–Trinajstić information content (AvgIpc) is 2.92. The summed E-state index contributed by atoms with van der Waals surface area (Å²) in [4.78, 5) is 12.3. The molecule has 21 heavy (non-hydrogen) atoms. The molecule has 2 aromatic heterocycles. The van der Waals surface area contributed by atoms with Crippen LogP contribution >= 0.6 is 0 Å². The predicted molar refractivity (Wildman–Crippen MR) is 84.5 cm³/mol. The largest absolute Gasteiger partial charge is 0.393 e. The van der Waals surface area contributed by atoms with Gasteiger partial charge in [0.05, 0.1) is 23.3 Å². The number of fused-ring (bicyclic) bond motifs is 1. The molecule has 0 bridgehead atoms. The Balaban J connectivity index is 1.80. The molecular formula is C16H24N4O. The number of aliphatic hydroxyl groups excluding tert-OH is 1. The molecule has 114 valence electrons. The van der Waals surface area contributed by atoms with Gasteiger partial charge in [0.2, 0.25) is 5.95 Å². The number of aliphatic hydroxyl groups is 1. The minimum absolute atomic E-state index is 0.118. The molecule has 0 saturated heterocycles. The van der Waals surface area contributed by atoms with Crippen molar-refractivity contribution in [1.29, 1.82) is 0 Å². The highest BCUT2D eigenvalue weighted by Gasteiger charge is 2.23. The minimum Gasteiger partial charge on any atom is -0.393 e. The first kappa shape index (κ1) is 14.3. The lowest BCUT2D eigenvalue weighted by Crippen LogP contribution is -2.16. The van der Waals surface area contributed by atoms with Crippen molar-refractivity contribution < 1.29 is 5.11 Å². The minimum atomic E-state index is -0.118. The zero-order valence-electron chi connectivity index (χ0n) is 12.6. The topological polar surface area (TPSA) is 73.8 Å². The fourth-order valence-corrected chi connectivity index (χ4v) is 3.09. The van der Waals surface area contributed by atoms with E-state index in [2.05, 4.69) is 33.4 Å². The second-order valence-corrected chi connectivity index (χ2v) is 5.99. The first-order valence-corrected chi connectivity index (χ1v) is 8.04. The fraction of sp³-hybridized carbons (Fsp3) is 0.625. The SMILES string of the molecule is CCCCNc1ncc2[nH]cc([C@H]3CC[C@H](O)CC3)c2n1. The lowest BCUT2D eigenvalue weighted by Gasteiger charge is -2.24. The molecule has 0 radical (unpaired) electrons. The molecule has 3 N–H and O–H groups in total. The summed E-state index contributed by atoms with van der Waals surface area (Å²) in [5.74, 6) is 1.22. The van der Waals surface area contributed by atoms with Gasteiger partial charge in [0, 0.05) is 12.7 Å². The summed E-state index contributed by atoms with van der Waals surface area (Å²) < 4.78 is 0. The Morgan fingerprint density at radius 1 is 1.33 bits per heavy atom. The maximum absolute atomic E-state index is 9.66. The van der Waals surface area contributed by atoms with Gasteiger partial charge in [-0.2, -0.15) is 0 Å². The average molecular weight is 288 g/mol. The monoisotopic (exact) mass is 288 g/mol. The number of hydrogen-bond donors (Lipinski definition) is 3. The number of hydrogen-bond acceptors (Lipinski definition) is 4. The van der Waals surface area contributed by atoms with E-state index in [9.17, 15) is 5.11 Å². The van der Waals surface area contributed by atoms with Gasteiger partial charge in [-0.25, -0.2) is 9.97 Å². The second kappa shape index (κ2) is 6.43. The van der Waals surface area contributed by atoms with Crippen molar-refractivity contribution in [1.82, 2.24) is 15.0 Å². The molecule has 0 aromatic carbocycles. The first-order valence-electron chi connectivity index (χ1n) is 8.04. The molecule has 2 heterocycles. The molecule has 0 aliphatic heterocycles. The second-order valence-electron chi connectivity index (χ2n) is 5.99. The van der Waals surface area contributed by atoms with E-state index < -0.39 is 0 Å². The van der Waals surface area contributed by atoms with Gasteiger partial charge in [0.25, 0.3) is 0 Å². The zero-order valence-corrected chi connectivity index (χ0v) is 12.6. The van der Waals surface area contributed by atoms with Crippen LogP contribution in [-0.4, -0.2) is 32.7 Å². The van der Waals surface area contributed by atoms with E-state index in [4.69, 9.17) is 0 Å². The molecule has 1 saturated carbocycles. The molecule has 1 aliphatic rings. The summed E-state index contributed by atoms with van der Waals surface area (Å²) in [6, 6.07) is 0. The van der Waals surface area contributed by atoms with Crippen LogP contribution in [0.15, 0.2) is 12.4 Å². The van der Waals surface area contributed by atoms with E-state index >= 15 is 0 Å². The van der Waals surface area contributed by atoms with Gasteiger partial charge in [0.1, 0.15) is 0 Å². The highest BCUT2D eigenvalue weighted by atomic mass is 16.3. The highest BCUT2D eigenvalue weighted by molar-refractivity contribution is 5.79. The normalized spacial score (nSPS) is 22.6. The summed E-state index contributed by atoms with van der Waals surface area (Å²) in [7, 11) is 0. The quantitative estimate of drug-likeness (QED) is 0.739. The number of anilines is 1. The van der Waals surface area contributed by atoms with Crippen molar-refractivity contribution in [3.8, 4) is 0 Å². The number of aromatic amines is 1. The molecule has 0 atom stereocenters. The van der Waals surface area contributed by atoms with Crippen molar-refractivity contribution in [3.05, 3.63) is 18.0 Å². The van der Waals surface area contributed by atoms with E-state index in [1.165, 1.54) is 5.56 Å². The van der Waals surface area contributed by atoms with Crippen molar-refractivity contribution in [2.45, 2.75) is 57.5 Å². The number of aromatic nitrogens is 3. The Bertz CT molecular complexity index is 587. The summed E-state index contributed by atoms with van der Waals surface area (Å²) in [6.07, 6.45) is 9.96. The molecule has 5 heteroatoms. The summed E-state index contributed by atoms with van der Waals surface area (Å²) in [6.45, 7) is 3.09. The van der Waals surface area contributed by atoms with E-state index in [0.29, 0.717) is 11.9 Å². The zero-order chi connectivity index (χ0) is 14.7. The number of unbranched alkanes of at least 4 members (excludes halogenated alkanes) is 1. The van der Waals surface area contributed by atoms with Crippen molar-refractivity contribution >= 4 is 17.0 Å². The fourth-order valence-electron chi connectivity index (χ4n) is 3.09. The number of nitrogens with zero attached hydrogens (tertiary/aromatic N) is 2. The lowest BCUT2D eigenvalue weighted by atomic mass is 9.83. The lowest BCUT2D eigenvalue weighted by molar-refractivity contribution is 0.122.